The Morgan fingerprint density at radius 2 is 1.48 bits per heavy atom. The average molecular weight is 302 g/mol. The van der Waals surface area contributed by atoms with Crippen molar-refractivity contribution < 1.29 is 9.59 Å². The first kappa shape index (κ1) is 15.2. The van der Waals surface area contributed by atoms with E-state index in [0.717, 1.165) is 16.3 Å². The molecule has 2 nitrogen and oxygen atoms in total. The van der Waals surface area contributed by atoms with Crippen molar-refractivity contribution in [3.63, 3.8) is 0 Å². The number of Topliss-reactive ketones (excluding diaryl/α,β-unsaturated/α-hetero) is 2. The van der Waals surface area contributed by atoms with Crippen LogP contribution in [0.25, 0.3) is 10.8 Å². The summed E-state index contributed by atoms with van der Waals surface area (Å²) in [6.45, 7) is 1.55. The Hall–Kier alpha value is -2.74. The molecule has 0 aliphatic rings. The van der Waals surface area contributed by atoms with Gasteiger partial charge in [-0.3, -0.25) is 9.59 Å². The summed E-state index contributed by atoms with van der Waals surface area (Å²) in [4.78, 5) is 24.5. The van der Waals surface area contributed by atoms with Crippen LogP contribution < -0.4 is 0 Å². The maximum Gasteiger partial charge on any atom is 0.163 e. The maximum absolute atomic E-state index is 12.4. The van der Waals surface area contributed by atoms with Crippen molar-refractivity contribution in [2.45, 2.75) is 19.3 Å². The molecular formula is C21H18O2. The van der Waals surface area contributed by atoms with Gasteiger partial charge >= 0.3 is 0 Å². The number of carbonyl (C=O) groups is 2. The Morgan fingerprint density at radius 1 is 0.826 bits per heavy atom. The SMILES string of the molecule is CC(=O)[C@H](CC(=O)c1ccccc1)c1ccc2ccccc2c1. The minimum Gasteiger partial charge on any atom is -0.299 e. The van der Waals surface area contributed by atoms with Gasteiger partial charge in [0, 0.05) is 17.9 Å². The molecule has 0 amide bonds. The Morgan fingerprint density at radius 3 is 2.17 bits per heavy atom. The quantitative estimate of drug-likeness (QED) is 0.635. The van der Waals surface area contributed by atoms with Crippen LogP contribution in [0.15, 0.2) is 72.8 Å². The topological polar surface area (TPSA) is 34.1 Å². The van der Waals surface area contributed by atoms with Crippen molar-refractivity contribution >= 4 is 22.3 Å². The van der Waals surface area contributed by atoms with Crippen molar-refractivity contribution in [1.82, 2.24) is 0 Å². The van der Waals surface area contributed by atoms with E-state index in [1.54, 1.807) is 19.1 Å². The van der Waals surface area contributed by atoms with E-state index in [4.69, 9.17) is 0 Å². The lowest BCUT2D eigenvalue weighted by Crippen LogP contribution is -2.14. The molecule has 0 heterocycles. The number of fused-ring (bicyclic) bond motifs is 1. The molecule has 3 rings (SSSR count). The number of ketones is 2. The van der Waals surface area contributed by atoms with E-state index in [-0.39, 0.29) is 18.0 Å². The van der Waals surface area contributed by atoms with E-state index in [0.29, 0.717) is 5.56 Å². The summed E-state index contributed by atoms with van der Waals surface area (Å²) in [6.07, 6.45) is 0.206. The molecule has 114 valence electrons. The lowest BCUT2D eigenvalue weighted by molar-refractivity contribution is -0.118. The minimum absolute atomic E-state index is 0.000964. The summed E-state index contributed by atoms with van der Waals surface area (Å²) in [5.74, 6) is -0.379. The van der Waals surface area contributed by atoms with Gasteiger partial charge in [-0.15, -0.1) is 0 Å². The van der Waals surface area contributed by atoms with Crippen LogP contribution in [0.1, 0.15) is 35.2 Å². The van der Waals surface area contributed by atoms with Gasteiger partial charge in [0.25, 0.3) is 0 Å². The maximum atomic E-state index is 12.4. The highest BCUT2D eigenvalue weighted by molar-refractivity contribution is 6.00. The van der Waals surface area contributed by atoms with Gasteiger partial charge in [0.2, 0.25) is 0 Å². The summed E-state index contributed by atoms with van der Waals surface area (Å²) in [5, 5.41) is 2.22. The van der Waals surface area contributed by atoms with Crippen molar-refractivity contribution in [2.24, 2.45) is 0 Å². The van der Waals surface area contributed by atoms with E-state index in [9.17, 15) is 9.59 Å². The third kappa shape index (κ3) is 3.37. The van der Waals surface area contributed by atoms with E-state index >= 15 is 0 Å². The summed E-state index contributed by atoms with van der Waals surface area (Å²) >= 11 is 0. The van der Waals surface area contributed by atoms with E-state index in [1.165, 1.54) is 0 Å². The molecule has 0 unspecified atom stereocenters. The van der Waals surface area contributed by atoms with E-state index in [2.05, 4.69) is 0 Å². The zero-order valence-electron chi connectivity index (χ0n) is 13.0. The van der Waals surface area contributed by atoms with Gasteiger partial charge in [0.05, 0.1) is 0 Å². The van der Waals surface area contributed by atoms with E-state index in [1.807, 2.05) is 60.7 Å². The molecule has 0 bridgehead atoms. The molecule has 1 atom stereocenters. The van der Waals surface area contributed by atoms with Gasteiger partial charge in [-0.05, 0) is 23.3 Å². The second-order valence-corrected chi connectivity index (χ2v) is 5.76. The second kappa shape index (κ2) is 6.57. The van der Waals surface area contributed by atoms with Crippen molar-refractivity contribution in [2.75, 3.05) is 0 Å². The molecule has 3 aromatic rings. The van der Waals surface area contributed by atoms with Crippen LogP contribution in [0, 0.1) is 0 Å². The summed E-state index contributed by atoms with van der Waals surface area (Å²) in [7, 11) is 0. The summed E-state index contributed by atoms with van der Waals surface area (Å²) < 4.78 is 0. The zero-order chi connectivity index (χ0) is 16.2. The molecule has 0 saturated heterocycles. The van der Waals surface area contributed by atoms with Gasteiger partial charge < -0.3 is 0 Å². The predicted octanol–water partition coefficient (Wildman–Crippen LogP) is 4.79. The molecular weight excluding hydrogens is 284 g/mol. The molecule has 0 spiro atoms. The fraction of sp³-hybridized carbons (Fsp3) is 0.143. The predicted molar refractivity (Wildman–Crippen MR) is 92.8 cm³/mol. The fourth-order valence-electron chi connectivity index (χ4n) is 2.85. The average Bonchev–Trinajstić information content (AvgIpc) is 2.59. The van der Waals surface area contributed by atoms with Gasteiger partial charge in [0.15, 0.2) is 5.78 Å². The normalized spacial score (nSPS) is 12.0. The van der Waals surface area contributed by atoms with Crippen LogP contribution in [0.5, 0.6) is 0 Å². The second-order valence-electron chi connectivity index (χ2n) is 5.76. The highest BCUT2D eigenvalue weighted by Crippen LogP contribution is 2.26. The van der Waals surface area contributed by atoms with Gasteiger partial charge in [-0.1, -0.05) is 72.8 Å². The first-order valence-electron chi connectivity index (χ1n) is 7.72. The number of carbonyl (C=O) groups excluding carboxylic acids is 2. The molecule has 23 heavy (non-hydrogen) atoms. The molecule has 0 aliphatic carbocycles. The van der Waals surface area contributed by atoms with Crippen molar-refractivity contribution in [3.8, 4) is 0 Å². The first-order valence-corrected chi connectivity index (χ1v) is 7.72. The largest absolute Gasteiger partial charge is 0.299 e. The highest BCUT2D eigenvalue weighted by atomic mass is 16.1. The molecule has 0 N–H and O–H groups in total. The molecule has 2 heteroatoms. The Balaban J connectivity index is 1.91. The number of rotatable bonds is 5. The number of benzene rings is 3. The van der Waals surface area contributed by atoms with Crippen LogP contribution in [0.4, 0.5) is 0 Å². The lowest BCUT2D eigenvalue weighted by Gasteiger charge is -2.14. The third-order valence-corrected chi connectivity index (χ3v) is 4.15. The van der Waals surface area contributed by atoms with Crippen LogP contribution >= 0.6 is 0 Å². The smallest absolute Gasteiger partial charge is 0.163 e. The van der Waals surface area contributed by atoms with Crippen LogP contribution in [0.3, 0.4) is 0 Å². The lowest BCUT2D eigenvalue weighted by atomic mass is 9.87. The number of hydrogen-bond acceptors (Lipinski definition) is 2. The van der Waals surface area contributed by atoms with Crippen molar-refractivity contribution in [3.05, 3.63) is 83.9 Å². The Bertz CT molecular complexity index is 850. The number of hydrogen-bond donors (Lipinski definition) is 0. The molecule has 0 saturated carbocycles. The van der Waals surface area contributed by atoms with E-state index < -0.39 is 5.92 Å². The van der Waals surface area contributed by atoms with Crippen LogP contribution in [-0.4, -0.2) is 11.6 Å². The molecule has 0 radical (unpaired) electrons. The van der Waals surface area contributed by atoms with Crippen LogP contribution in [-0.2, 0) is 4.79 Å². The highest BCUT2D eigenvalue weighted by Gasteiger charge is 2.21. The van der Waals surface area contributed by atoms with Gasteiger partial charge in [-0.25, -0.2) is 0 Å². The monoisotopic (exact) mass is 302 g/mol. The molecule has 0 aromatic heterocycles. The zero-order valence-corrected chi connectivity index (χ0v) is 13.0. The Labute approximate surface area is 135 Å². The first-order chi connectivity index (χ1) is 11.1. The van der Waals surface area contributed by atoms with Gasteiger partial charge in [0.1, 0.15) is 5.78 Å². The van der Waals surface area contributed by atoms with Crippen LogP contribution in [0.2, 0.25) is 0 Å². The summed E-state index contributed by atoms with van der Waals surface area (Å²) in [5.41, 5.74) is 1.56. The van der Waals surface area contributed by atoms with Gasteiger partial charge in [-0.2, -0.15) is 0 Å². The van der Waals surface area contributed by atoms with Crippen molar-refractivity contribution in [1.29, 1.82) is 0 Å². The Kier molecular flexibility index (Phi) is 4.33. The standard InChI is InChI=1S/C21H18O2/c1-15(22)20(14-21(23)17-8-3-2-4-9-17)19-12-11-16-7-5-6-10-18(16)13-19/h2-13,20H,14H2,1H3/t20-/m0/s1. The fourth-order valence-corrected chi connectivity index (χ4v) is 2.85. The third-order valence-electron chi connectivity index (χ3n) is 4.15. The molecule has 3 aromatic carbocycles. The minimum atomic E-state index is -0.396. The molecule has 0 fully saturated rings. The molecule has 0 aliphatic heterocycles. The summed E-state index contributed by atoms with van der Waals surface area (Å²) in [6, 6.07) is 23.1.